The number of carbonyl (C=O) groups excluding carboxylic acids is 2. The molecule has 35 heavy (non-hydrogen) atoms. The highest BCUT2D eigenvalue weighted by atomic mass is 32.2. The lowest BCUT2D eigenvalue weighted by atomic mass is 9.98. The minimum atomic E-state index is -1.09. The van der Waals surface area contributed by atoms with Crippen molar-refractivity contribution >= 4 is 51.7 Å². The lowest BCUT2D eigenvalue weighted by Crippen LogP contribution is -2.24. The zero-order valence-corrected chi connectivity index (χ0v) is 19.7. The van der Waals surface area contributed by atoms with Crippen molar-refractivity contribution in [1.82, 2.24) is 4.98 Å². The van der Waals surface area contributed by atoms with E-state index in [0.717, 1.165) is 4.90 Å². The summed E-state index contributed by atoms with van der Waals surface area (Å²) in [4.78, 5) is 42.4. The van der Waals surface area contributed by atoms with Gasteiger partial charge in [0.2, 0.25) is 5.91 Å². The molecule has 2 amide bonds. The van der Waals surface area contributed by atoms with E-state index >= 15 is 0 Å². The molecule has 0 aliphatic rings. The number of aromatic carboxylic acids is 1. The zero-order chi connectivity index (χ0) is 24.8. The Balaban J connectivity index is 1.52. The van der Waals surface area contributed by atoms with Crippen molar-refractivity contribution < 1.29 is 19.5 Å². The molecule has 1 heterocycles. The van der Waals surface area contributed by atoms with Crippen LogP contribution in [0.3, 0.4) is 0 Å². The number of hydrogen-bond donors (Lipinski definition) is 3. The van der Waals surface area contributed by atoms with E-state index in [1.807, 2.05) is 13.0 Å². The Morgan fingerprint density at radius 2 is 1.57 bits per heavy atom. The molecule has 3 N–H and O–H groups in total. The molecular formula is C27H23N3O4S. The first-order valence-corrected chi connectivity index (χ1v) is 11.9. The first kappa shape index (κ1) is 24.0. The van der Waals surface area contributed by atoms with Crippen LogP contribution in [0.25, 0.3) is 10.8 Å². The SMILES string of the molecule is CCC(Sc1cccc(NC(=O)c2cccc3cccc(C(=O)O)c23)c1)C(=O)Nc1ccncc1. The van der Waals surface area contributed by atoms with Gasteiger partial charge in [0.1, 0.15) is 0 Å². The highest BCUT2D eigenvalue weighted by Gasteiger charge is 2.19. The van der Waals surface area contributed by atoms with Gasteiger partial charge in [-0.2, -0.15) is 0 Å². The molecule has 0 aliphatic carbocycles. The van der Waals surface area contributed by atoms with Crippen LogP contribution >= 0.6 is 11.8 Å². The van der Waals surface area contributed by atoms with Gasteiger partial charge in [-0.15, -0.1) is 11.8 Å². The third kappa shape index (κ3) is 5.67. The molecule has 0 radical (unpaired) electrons. The number of nitrogens with one attached hydrogen (secondary N) is 2. The smallest absolute Gasteiger partial charge is 0.336 e. The van der Waals surface area contributed by atoms with Crippen LogP contribution in [0.1, 0.15) is 34.1 Å². The molecule has 4 rings (SSSR count). The number of hydrogen-bond acceptors (Lipinski definition) is 5. The Labute approximate surface area is 206 Å². The normalized spacial score (nSPS) is 11.6. The van der Waals surface area contributed by atoms with Gasteiger partial charge in [-0.3, -0.25) is 14.6 Å². The second kappa shape index (κ2) is 10.8. The Bertz CT molecular complexity index is 1390. The number of aromatic nitrogens is 1. The summed E-state index contributed by atoms with van der Waals surface area (Å²) in [5, 5.41) is 16.1. The topological polar surface area (TPSA) is 108 Å². The van der Waals surface area contributed by atoms with Crippen LogP contribution in [0.4, 0.5) is 11.4 Å². The number of nitrogens with zero attached hydrogens (tertiary/aromatic N) is 1. The summed E-state index contributed by atoms with van der Waals surface area (Å²) in [6.07, 6.45) is 3.85. The first-order valence-electron chi connectivity index (χ1n) is 11.0. The number of carboxylic acids is 1. The van der Waals surface area contributed by atoms with Gasteiger partial charge in [-0.25, -0.2) is 4.79 Å². The predicted molar refractivity (Wildman–Crippen MR) is 138 cm³/mol. The fourth-order valence-electron chi connectivity index (χ4n) is 3.70. The Kier molecular flexibility index (Phi) is 7.42. The monoisotopic (exact) mass is 485 g/mol. The molecular weight excluding hydrogens is 462 g/mol. The number of fused-ring (bicyclic) bond motifs is 1. The Morgan fingerprint density at radius 1 is 0.886 bits per heavy atom. The predicted octanol–water partition coefficient (Wildman–Crippen LogP) is 5.69. The standard InChI is InChI=1S/C27H23N3O4S/c1-2-23(26(32)29-18-12-14-28-15-13-18)35-20-9-5-8-19(16-20)30-25(31)21-10-3-6-17-7-4-11-22(24(17)21)27(33)34/h3-16,23H,2H2,1H3,(H,30,31)(H,33,34)(H,28,29,32). The van der Waals surface area contributed by atoms with Crippen LogP contribution in [0.2, 0.25) is 0 Å². The summed E-state index contributed by atoms with van der Waals surface area (Å²) in [7, 11) is 0. The molecule has 1 unspecified atom stereocenters. The van der Waals surface area contributed by atoms with Crippen molar-refractivity contribution in [2.45, 2.75) is 23.5 Å². The van der Waals surface area contributed by atoms with Gasteiger partial charge in [-0.05, 0) is 54.3 Å². The van der Waals surface area contributed by atoms with Crippen molar-refractivity contribution in [3.63, 3.8) is 0 Å². The number of thioether (sulfide) groups is 1. The molecule has 8 heteroatoms. The summed E-state index contributed by atoms with van der Waals surface area (Å²) >= 11 is 1.41. The van der Waals surface area contributed by atoms with Crippen molar-refractivity contribution in [2.75, 3.05) is 10.6 Å². The van der Waals surface area contributed by atoms with E-state index in [-0.39, 0.29) is 22.3 Å². The molecule has 3 aromatic carbocycles. The van der Waals surface area contributed by atoms with E-state index in [4.69, 9.17) is 0 Å². The quantitative estimate of drug-likeness (QED) is 0.277. The number of carbonyl (C=O) groups is 3. The molecule has 0 fully saturated rings. The van der Waals surface area contributed by atoms with Gasteiger partial charge in [0.05, 0.1) is 10.8 Å². The van der Waals surface area contributed by atoms with E-state index in [1.54, 1.807) is 73.1 Å². The largest absolute Gasteiger partial charge is 0.478 e. The molecule has 0 saturated heterocycles. The van der Waals surface area contributed by atoms with Gasteiger partial charge in [-0.1, -0.05) is 37.3 Å². The highest BCUT2D eigenvalue weighted by molar-refractivity contribution is 8.00. The van der Waals surface area contributed by atoms with Crippen LogP contribution in [-0.2, 0) is 4.79 Å². The maximum Gasteiger partial charge on any atom is 0.336 e. The number of rotatable bonds is 8. The first-order chi connectivity index (χ1) is 17.0. The maximum absolute atomic E-state index is 13.1. The van der Waals surface area contributed by atoms with Crippen LogP contribution in [0.5, 0.6) is 0 Å². The lowest BCUT2D eigenvalue weighted by molar-refractivity contribution is -0.115. The third-order valence-corrected chi connectivity index (χ3v) is 6.72. The average Bonchev–Trinajstić information content (AvgIpc) is 2.87. The number of pyridine rings is 1. The summed E-state index contributed by atoms with van der Waals surface area (Å²) in [6, 6.07) is 20.7. The fourth-order valence-corrected chi connectivity index (χ4v) is 4.71. The van der Waals surface area contributed by atoms with Crippen molar-refractivity contribution in [3.05, 3.63) is 96.3 Å². The molecule has 176 valence electrons. The molecule has 1 atom stereocenters. The molecule has 0 aliphatic heterocycles. The van der Waals surface area contributed by atoms with Gasteiger partial charge in [0, 0.05) is 39.6 Å². The molecule has 4 aromatic rings. The van der Waals surface area contributed by atoms with Gasteiger partial charge in [0.15, 0.2) is 0 Å². The summed E-state index contributed by atoms with van der Waals surface area (Å²) in [5.74, 6) is -1.62. The van der Waals surface area contributed by atoms with Gasteiger partial charge >= 0.3 is 5.97 Å². The van der Waals surface area contributed by atoms with E-state index in [0.29, 0.717) is 28.6 Å². The molecule has 0 saturated carbocycles. The van der Waals surface area contributed by atoms with Crippen LogP contribution < -0.4 is 10.6 Å². The van der Waals surface area contributed by atoms with Crippen LogP contribution in [0.15, 0.2) is 90.1 Å². The zero-order valence-electron chi connectivity index (χ0n) is 18.9. The maximum atomic E-state index is 13.1. The van der Waals surface area contributed by atoms with E-state index in [9.17, 15) is 19.5 Å². The van der Waals surface area contributed by atoms with Crippen molar-refractivity contribution in [2.24, 2.45) is 0 Å². The van der Waals surface area contributed by atoms with Gasteiger partial charge < -0.3 is 15.7 Å². The van der Waals surface area contributed by atoms with E-state index in [1.165, 1.54) is 17.8 Å². The Morgan fingerprint density at radius 3 is 2.26 bits per heavy atom. The lowest BCUT2D eigenvalue weighted by Gasteiger charge is -2.15. The van der Waals surface area contributed by atoms with Crippen molar-refractivity contribution in [1.29, 1.82) is 0 Å². The fraction of sp³-hybridized carbons (Fsp3) is 0.111. The summed E-state index contributed by atoms with van der Waals surface area (Å²) in [5.41, 5.74) is 1.58. The number of carboxylic acid groups (broad SMARTS) is 1. The molecule has 0 bridgehead atoms. The second-order valence-electron chi connectivity index (χ2n) is 7.74. The van der Waals surface area contributed by atoms with E-state index in [2.05, 4.69) is 15.6 Å². The summed E-state index contributed by atoms with van der Waals surface area (Å²) < 4.78 is 0. The Hall–Kier alpha value is -4.17. The summed E-state index contributed by atoms with van der Waals surface area (Å²) in [6.45, 7) is 1.94. The number of anilines is 2. The van der Waals surface area contributed by atoms with Gasteiger partial charge in [0.25, 0.3) is 5.91 Å². The van der Waals surface area contributed by atoms with Crippen LogP contribution in [-0.4, -0.2) is 33.1 Å². The molecule has 7 nitrogen and oxygen atoms in total. The molecule has 1 aromatic heterocycles. The molecule has 0 spiro atoms. The number of amides is 2. The highest BCUT2D eigenvalue weighted by Crippen LogP contribution is 2.29. The van der Waals surface area contributed by atoms with E-state index < -0.39 is 11.9 Å². The van der Waals surface area contributed by atoms with Crippen molar-refractivity contribution in [3.8, 4) is 0 Å². The minimum Gasteiger partial charge on any atom is -0.478 e. The average molecular weight is 486 g/mol. The van der Waals surface area contributed by atoms with Crippen LogP contribution in [0, 0.1) is 0 Å². The number of benzene rings is 3. The minimum absolute atomic E-state index is 0.0727. The second-order valence-corrected chi connectivity index (χ2v) is 9.01. The third-order valence-electron chi connectivity index (χ3n) is 5.36.